The largest absolute Gasteiger partial charge is 0.333 e. The third-order valence-corrected chi connectivity index (χ3v) is 4.99. The van der Waals surface area contributed by atoms with Crippen molar-refractivity contribution in [1.82, 2.24) is 19.4 Å². The molecular weight excluding hydrogens is 302 g/mol. The minimum atomic E-state index is 0.458. The van der Waals surface area contributed by atoms with Gasteiger partial charge in [-0.3, -0.25) is 4.40 Å². The topological polar surface area (TPSA) is 72.0 Å². The van der Waals surface area contributed by atoms with Gasteiger partial charge in [0.25, 0.3) is 0 Å². The SMILES string of the molecule is Cc1ccc2nc(Sc3nc4sccn4c3CN)[nH]c2c1. The molecular formula is C14H13N5S2. The van der Waals surface area contributed by atoms with Gasteiger partial charge in [-0.05, 0) is 36.4 Å². The van der Waals surface area contributed by atoms with E-state index in [1.54, 1.807) is 11.3 Å². The predicted octanol–water partition coefficient (Wildman–Crippen LogP) is 3.19. The number of hydrogen-bond donors (Lipinski definition) is 2. The van der Waals surface area contributed by atoms with Crippen LogP contribution < -0.4 is 5.73 Å². The highest BCUT2D eigenvalue weighted by atomic mass is 32.2. The van der Waals surface area contributed by atoms with Crippen LogP contribution in [-0.2, 0) is 6.54 Å². The Morgan fingerprint density at radius 2 is 2.29 bits per heavy atom. The third kappa shape index (κ3) is 2.14. The van der Waals surface area contributed by atoms with Crippen molar-refractivity contribution in [3.8, 4) is 0 Å². The summed E-state index contributed by atoms with van der Waals surface area (Å²) < 4.78 is 2.04. The van der Waals surface area contributed by atoms with E-state index in [1.165, 1.54) is 17.3 Å². The molecule has 0 bridgehead atoms. The van der Waals surface area contributed by atoms with Gasteiger partial charge in [0, 0.05) is 18.1 Å². The van der Waals surface area contributed by atoms with Crippen LogP contribution in [0.2, 0.25) is 0 Å². The number of fused-ring (bicyclic) bond motifs is 2. The van der Waals surface area contributed by atoms with Crippen molar-refractivity contribution in [3.63, 3.8) is 0 Å². The normalized spacial score (nSPS) is 11.7. The number of imidazole rings is 2. The Labute approximate surface area is 129 Å². The molecule has 0 amide bonds. The van der Waals surface area contributed by atoms with E-state index >= 15 is 0 Å². The first-order valence-corrected chi connectivity index (χ1v) is 8.23. The van der Waals surface area contributed by atoms with Crippen LogP contribution in [0.4, 0.5) is 0 Å². The summed E-state index contributed by atoms with van der Waals surface area (Å²) in [4.78, 5) is 13.5. The summed E-state index contributed by atoms with van der Waals surface area (Å²) in [6.45, 7) is 2.53. The van der Waals surface area contributed by atoms with Gasteiger partial charge in [-0.1, -0.05) is 6.07 Å². The molecule has 21 heavy (non-hydrogen) atoms. The number of rotatable bonds is 3. The lowest BCUT2D eigenvalue weighted by Crippen LogP contribution is -2.01. The number of aromatic amines is 1. The van der Waals surface area contributed by atoms with Crippen LogP contribution in [-0.4, -0.2) is 19.4 Å². The van der Waals surface area contributed by atoms with Gasteiger partial charge in [-0.25, -0.2) is 9.97 Å². The summed E-state index contributed by atoms with van der Waals surface area (Å²) >= 11 is 3.14. The summed E-state index contributed by atoms with van der Waals surface area (Å²) in [5, 5.41) is 3.77. The summed E-state index contributed by atoms with van der Waals surface area (Å²) in [6.07, 6.45) is 2.00. The Balaban J connectivity index is 1.76. The average molecular weight is 315 g/mol. The molecule has 0 atom stereocenters. The smallest absolute Gasteiger partial charge is 0.194 e. The standard InChI is InChI=1S/C14H13N5S2/c1-8-2-3-9-10(6-8)17-13(16-9)21-12-11(7-15)19-4-5-20-14(19)18-12/h2-6H,7,15H2,1H3,(H,16,17). The van der Waals surface area contributed by atoms with Crippen LogP contribution in [0.3, 0.4) is 0 Å². The highest BCUT2D eigenvalue weighted by molar-refractivity contribution is 7.99. The molecule has 0 spiro atoms. The Bertz CT molecular complexity index is 933. The molecule has 0 radical (unpaired) electrons. The lowest BCUT2D eigenvalue weighted by Gasteiger charge is -1.98. The van der Waals surface area contributed by atoms with Crippen molar-refractivity contribution in [2.45, 2.75) is 23.7 Å². The summed E-state index contributed by atoms with van der Waals surface area (Å²) in [7, 11) is 0. The van der Waals surface area contributed by atoms with Crippen LogP contribution >= 0.6 is 23.1 Å². The van der Waals surface area contributed by atoms with Crippen molar-refractivity contribution in [1.29, 1.82) is 0 Å². The van der Waals surface area contributed by atoms with E-state index in [-0.39, 0.29) is 0 Å². The van der Waals surface area contributed by atoms with Gasteiger partial charge in [0.05, 0.1) is 16.7 Å². The van der Waals surface area contributed by atoms with Gasteiger partial charge in [-0.2, -0.15) is 0 Å². The van der Waals surface area contributed by atoms with E-state index < -0.39 is 0 Å². The van der Waals surface area contributed by atoms with E-state index in [2.05, 4.69) is 34.0 Å². The molecule has 0 aliphatic heterocycles. The number of nitrogens with two attached hydrogens (primary N) is 1. The summed E-state index contributed by atoms with van der Waals surface area (Å²) in [6, 6.07) is 6.19. The van der Waals surface area contributed by atoms with Gasteiger partial charge in [-0.15, -0.1) is 11.3 Å². The Morgan fingerprint density at radius 1 is 1.38 bits per heavy atom. The van der Waals surface area contributed by atoms with Crippen molar-refractivity contribution >= 4 is 39.1 Å². The number of benzene rings is 1. The second-order valence-corrected chi connectivity index (χ2v) is 6.64. The number of nitrogens with zero attached hydrogens (tertiary/aromatic N) is 3. The van der Waals surface area contributed by atoms with Crippen molar-refractivity contribution in [3.05, 3.63) is 41.0 Å². The molecule has 0 aliphatic carbocycles. The number of nitrogens with one attached hydrogen (secondary N) is 1. The minimum absolute atomic E-state index is 0.458. The molecule has 5 nitrogen and oxygen atoms in total. The first-order valence-electron chi connectivity index (χ1n) is 6.53. The molecule has 0 saturated carbocycles. The molecule has 3 N–H and O–H groups in total. The number of thiazole rings is 1. The highest BCUT2D eigenvalue weighted by Crippen LogP contribution is 2.31. The maximum atomic E-state index is 5.87. The Kier molecular flexibility index (Phi) is 2.99. The van der Waals surface area contributed by atoms with Crippen LogP contribution in [0, 0.1) is 6.92 Å². The monoisotopic (exact) mass is 315 g/mol. The van der Waals surface area contributed by atoms with E-state index in [1.807, 2.05) is 22.0 Å². The molecule has 106 valence electrons. The minimum Gasteiger partial charge on any atom is -0.333 e. The second kappa shape index (κ2) is 4.87. The lowest BCUT2D eigenvalue weighted by molar-refractivity contribution is 0.921. The van der Waals surface area contributed by atoms with Gasteiger partial charge in [0.1, 0.15) is 5.03 Å². The van der Waals surface area contributed by atoms with Crippen LogP contribution in [0.25, 0.3) is 16.0 Å². The van der Waals surface area contributed by atoms with Crippen molar-refractivity contribution in [2.24, 2.45) is 5.73 Å². The first kappa shape index (κ1) is 12.9. The van der Waals surface area contributed by atoms with Crippen LogP contribution in [0.5, 0.6) is 0 Å². The summed E-state index contributed by atoms with van der Waals surface area (Å²) in [5.74, 6) is 0. The van der Waals surface area contributed by atoms with Gasteiger partial charge in [0.2, 0.25) is 0 Å². The first-order chi connectivity index (χ1) is 10.2. The van der Waals surface area contributed by atoms with Gasteiger partial charge in [0.15, 0.2) is 10.1 Å². The van der Waals surface area contributed by atoms with Crippen LogP contribution in [0.1, 0.15) is 11.3 Å². The fourth-order valence-electron chi connectivity index (χ4n) is 2.32. The number of hydrogen-bond acceptors (Lipinski definition) is 5. The van der Waals surface area contributed by atoms with E-state index in [0.717, 1.165) is 31.9 Å². The molecule has 1 aromatic carbocycles. The van der Waals surface area contributed by atoms with Gasteiger partial charge < -0.3 is 10.7 Å². The zero-order valence-electron chi connectivity index (χ0n) is 11.3. The Morgan fingerprint density at radius 3 is 3.14 bits per heavy atom. The fourth-order valence-corrected chi connectivity index (χ4v) is 4.03. The molecule has 4 rings (SSSR count). The molecule has 0 fully saturated rings. The second-order valence-electron chi connectivity index (χ2n) is 4.79. The number of aromatic nitrogens is 4. The zero-order valence-corrected chi connectivity index (χ0v) is 13.0. The molecule has 0 unspecified atom stereocenters. The molecule has 0 saturated heterocycles. The van der Waals surface area contributed by atoms with E-state index in [9.17, 15) is 0 Å². The molecule has 4 aromatic rings. The zero-order chi connectivity index (χ0) is 14.4. The van der Waals surface area contributed by atoms with Gasteiger partial charge >= 0.3 is 0 Å². The van der Waals surface area contributed by atoms with Crippen molar-refractivity contribution in [2.75, 3.05) is 0 Å². The molecule has 7 heteroatoms. The maximum Gasteiger partial charge on any atom is 0.194 e. The molecule has 3 aromatic heterocycles. The fraction of sp³-hybridized carbons (Fsp3) is 0.143. The number of H-pyrrole nitrogens is 1. The maximum absolute atomic E-state index is 5.87. The average Bonchev–Trinajstić information content (AvgIpc) is 3.11. The lowest BCUT2D eigenvalue weighted by atomic mass is 10.2. The Hall–Kier alpha value is -1.83. The van der Waals surface area contributed by atoms with E-state index in [0.29, 0.717) is 6.54 Å². The van der Waals surface area contributed by atoms with Crippen molar-refractivity contribution < 1.29 is 0 Å². The molecule has 3 heterocycles. The quantitative estimate of drug-likeness (QED) is 0.609. The van der Waals surface area contributed by atoms with Crippen LogP contribution in [0.15, 0.2) is 40.0 Å². The number of aryl methyl sites for hydroxylation is 1. The summed E-state index contributed by atoms with van der Waals surface area (Å²) in [5.41, 5.74) is 10.1. The predicted molar refractivity (Wildman–Crippen MR) is 85.9 cm³/mol. The van der Waals surface area contributed by atoms with E-state index in [4.69, 9.17) is 5.73 Å². The molecule has 0 aliphatic rings. The third-order valence-electron chi connectivity index (χ3n) is 3.33. The highest BCUT2D eigenvalue weighted by Gasteiger charge is 2.15.